The first-order valence-corrected chi connectivity index (χ1v) is 2.37. The van der Waals surface area contributed by atoms with Gasteiger partial charge in [0.15, 0.2) is 0 Å². The molecule has 1 aliphatic rings. The van der Waals surface area contributed by atoms with E-state index in [0.29, 0.717) is 0 Å². The van der Waals surface area contributed by atoms with Crippen LogP contribution in [0.1, 0.15) is 0 Å². The Morgan fingerprint density at radius 2 is 1.57 bits per heavy atom. The first kappa shape index (κ1) is 7.43. The largest absolute Gasteiger partial charge is 1.00 e. The van der Waals surface area contributed by atoms with Crippen molar-refractivity contribution in [3.63, 3.8) is 0 Å². The minimum Gasteiger partial charge on any atom is -0.781 e. The van der Waals surface area contributed by atoms with Gasteiger partial charge in [-0.3, -0.25) is 0 Å². The van der Waals surface area contributed by atoms with Crippen molar-refractivity contribution in [3.05, 3.63) is 24.3 Å². The Bertz CT molecular complexity index is 84.3. The Morgan fingerprint density at radius 1 is 1.14 bits per heavy atom. The molecule has 0 N–H and O–H groups in total. The summed E-state index contributed by atoms with van der Waals surface area (Å²) in [5.41, 5.74) is 0. The molecule has 0 radical (unpaired) electrons. The molecule has 0 saturated carbocycles. The number of rotatable bonds is 0. The summed E-state index contributed by atoms with van der Waals surface area (Å²) >= 11 is 4.83. The minimum absolute atomic E-state index is 0. The van der Waals surface area contributed by atoms with Crippen LogP contribution in [0.4, 0.5) is 0 Å². The van der Waals surface area contributed by atoms with Crippen LogP contribution >= 0.6 is 0 Å². The van der Waals surface area contributed by atoms with Crippen molar-refractivity contribution >= 4 is 12.6 Å². The number of allylic oxidation sites excluding steroid dienone is 2. The van der Waals surface area contributed by atoms with Gasteiger partial charge in [-0.1, -0.05) is 12.2 Å². The predicted octanol–water partition coefficient (Wildman–Crippen LogP) is -1.97. The summed E-state index contributed by atoms with van der Waals surface area (Å²) in [6.45, 7) is 0. The zero-order chi connectivity index (χ0) is 4.41. The molecule has 0 saturated heterocycles. The van der Waals surface area contributed by atoms with Crippen molar-refractivity contribution in [2.45, 2.75) is 5.25 Å². The van der Waals surface area contributed by atoms with E-state index in [1.165, 1.54) is 0 Å². The molecule has 0 bridgehead atoms. The molecule has 0 nitrogen and oxygen atoms in total. The van der Waals surface area contributed by atoms with Crippen LogP contribution in [0, 0.1) is 0 Å². The summed E-state index contributed by atoms with van der Waals surface area (Å²) in [6, 6.07) is 0. The summed E-state index contributed by atoms with van der Waals surface area (Å²) in [7, 11) is 0. The molecule has 1 rings (SSSR count). The molecule has 2 heteroatoms. The van der Waals surface area contributed by atoms with E-state index in [0.717, 1.165) is 0 Å². The normalized spacial score (nSPS) is 17.3. The monoisotopic (exact) mass is 104 g/mol. The van der Waals surface area contributed by atoms with Crippen LogP contribution in [-0.2, 0) is 12.6 Å². The Hall–Kier alpha value is 0.427. The quantitative estimate of drug-likeness (QED) is 0.254. The van der Waals surface area contributed by atoms with Gasteiger partial charge in [0, 0.05) is 0 Å². The summed E-state index contributed by atoms with van der Waals surface area (Å²) in [4.78, 5) is 0. The second-order valence-electron chi connectivity index (χ2n) is 1.23. The average Bonchev–Trinajstić information content (AvgIpc) is 1.86. The molecular weight excluding hydrogens is 99.1 g/mol. The van der Waals surface area contributed by atoms with Gasteiger partial charge in [-0.05, 0) is 0 Å². The smallest absolute Gasteiger partial charge is 0.781 e. The van der Waals surface area contributed by atoms with Crippen molar-refractivity contribution in [2.24, 2.45) is 0 Å². The van der Waals surface area contributed by atoms with Crippen LogP contribution in [0.25, 0.3) is 0 Å². The van der Waals surface area contributed by atoms with Crippen molar-refractivity contribution in [2.75, 3.05) is 0 Å². The van der Waals surface area contributed by atoms with Crippen molar-refractivity contribution in [1.82, 2.24) is 0 Å². The average molecular weight is 104 g/mol. The second-order valence-corrected chi connectivity index (χ2v) is 1.78. The zero-order valence-corrected chi connectivity index (χ0v) is 5.11. The Morgan fingerprint density at radius 3 is 1.71 bits per heavy atom. The molecule has 0 amide bonds. The van der Waals surface area contributed by atoms with Gasteiger partial charge < -0.3 is 12.6 Å². The van der Waals surface area contributed by atoms with Crippen molar-refractivity contribution in [3.8, 4) is 0 Å². The van der Waals surface area contributed by atoms with Crippen molar-refractivity contribution < 1.29 is 18.9 Å². The van der Waals surface area contributed by atoms with Crippen LogP contribution in [0.5, 0.6) is 0 Å². The zero-order valence-electron chi connectivity index (χ0n) is 4.29. The van der Waals surface area contributed by atoms with Gasteiger partial charge in [-0.15, -0.1) is 17.4 Å². The van der Waals surface area contributed by atoms with E-state index in [-0.39, 0.29) is 24.1 Å². The van der Waals surface area contributed by atoms with E-state index in [4.69, 9.17) is 12.6 Å². The molecular formula is C5H5LiS. The fourth-order valence-corrected chi connectivity index (χ4v) is 0.593. The fraction of sp³-hybridized carbons (Fsp3) is 0.200. The maximum Gasteiger partial charge on any atom is 1.00 e. The molecule has 0 unspecified atom stereocenters. The third-order valence-corrected chi connectivity index (χ3v) is 1.03. The first-order chi connectivity index (χ1) is 2.89. The molecule has 0 aromatic heterocycles. The molecule has 0 aromatic carbocycles. The third kappa shape index (κ3) is 2.28. The minimum atomic E-state index is 0. The van der Waals surface area contributed by atoms with Crippen molar-refractivity contribution in [1.29, 1.82) is 0 Å². The predicted molar refractivity (Wildman–Crippen MR) is 29.4 cm³/mol. The first-order valence-electron chi connectivity index (χ1n) is 1.90. The van der Waals surface area contributed by atoms with E-state index in [1.54, 1.807) is 0 Å². The van der Waals surface area contributed by atoms with Gasteiger partial charge in [-0.2, -0.15) is 0 Å². The van der Waals surface area contributed by atoms with E-state index < -0.39 is 0 Å². The van der Waals surface area contributed by atoms with Crippen LogP contribution in [0.15, 0.2) is 24.3 Å². The van der Waals surface area contributed by atoms with Crippen LogP contribution in [0.3, 0.4) is 0 Å². The summed E-state index contributed by atoms with van der Waals surface area (Å²) < 4.78 is 0. The summed E-state index contributed by atoms with van der Waals surface area (Å²) in [5.74, 6) is 0. The Labute approximate surface area is 61.3 Å². The molecule has 0 atom stereocenters. The van der Waals surface area contributed by atoms with Gasteiger partial charge in [0.1, 0.15) is 0 Å². The summed E-state index contributed by atoms with van der Waals surface area (Å²) in [5, 5.41) is 0.269. The second kappa shape index (κ2) is 3.43. The van der Waals surface area contributed by atoms with Gasteiger partial charge in [0.25, 0.3) is 0 Å². The van der Waals surface area contributed by atoms with Gasteiger partial charge in [-0.25, -0.2) is 0 Å². The van der Waals surface area contributed by atoms with E-state index in [9.17, 15) is 0 Å². The molecule has 0 spiro atoms. The molecule has 0 aromatic rings. The maximum absolute atomic E-state index is 4.83. The van der Waals surface area contributed by atoms with E-state index >= 15 is 0 Å². The molecule has 1 aliphatic carbocycles. The topological polar surface area (TPSA) is 0 Å². The molecule has 32 valence electrons. The van der Waals surface area contributed by atoms with Crippen LogP contribution < -0.4 is 18.9 Å². The molecule has 0 aliphatic heterocycles. The van der Waals surface area contributed by atoms with Crippen LogP contribution in [0.2, 0.25) is 0 Å². The van der Waals surface area contributed by atoms with Gasteiger partial charge in [0.2, 0.25) is 0 Å². The Balaban J connectivity index is 0.000000360. The molecule has 7 heavy (non-hydrogen) atoms. The SMILES string of the molecule is [Li+].[S-]C1C=CC=C1. The van der Waals surface area contributed by atoms with Gasteiger partial charge in [0.05, 0.1) is 0 Å². The van der Waals surface area contributed by atoms with Gasteiger partial charge >= 0.3 is 18.9 Å². The summed E-state index contributed by atoms with van der Waals surface area (Å²) in [6.07, 6.45) is 7.90. The number of hydrogen-bond acceptors (Lipinski definition) is 1. The standard InChI is InChI=1S/C5H6S.Li/c6-5-3-1-2-4-5;/h1-6H;/q;+1/p-1. The van der Waals surface area contributed by atoms with Crippen LogP contribution in [-0.4, -0.2) is 5.25 Å². The molecule has 0 fully saturated rings. The van der Waals surface area contributed by atoms with E-state index in [2.05, 4.69) is 0 Å². The third-order valence-electron chi connectivity index (χ3n) is 0.713. The Kier molecular flexibility index (Phi) is 3.64. The molecule has 0 heterocycles. The fourth-order valence-electron chi connectivity index (χ4n) is 0.411. The maximum atomic E-state index is 4.83. The number of hydrogen-bond donors (Lipinski definition) is 0. The van der Waals surface area contributed by atoms with E-state index in [1.807, 2.05) is 24.3 Å².